The lowest BCUT2D eigenvalue weighted by Crippen LogP contribution is -2.60. The fourth-order valence-electron chi connectivity index (χ4n) is 7.50. The van der Waals surface area contributed by atoms with Gasteiger partial charge in [0.1, 0.15) is 121 Å². The van der Waals surface area contributed by atoms with E-state index in [9.17, 15) is 81.7 Å². The highest BCUT2D eigenvalue weighted by molar-refractivity contribution is 5.43. The van der Waals surface area contributed by atoms with Crippen LogP contribution in [0.15, 0.2) is 36.4 Å². The zero-order chi connectivity index (χ0) is 45.9. The van der Waals surface area contributed by atoms with Gasteiger partial charge in [0.25, 0.3) is 0 Å². The number of aliphatic hydroxyl groups is 16. The highest BCUT2D eigenvalue weighted by Crippen LogP contribution is 2.36. The Morgan fingerprint density at radius 1 is 0.349 bits per heavy atom. The summed E-state index contributed by atoms with van der Waals surface area (Å²) in [5, 5.41) is 164. The van der Waals surface area contributed by atoms with Crippen molar-refractivity contribution in [3.63, 3.8) is 0 Å². The van der Waals surface area contributed by atoms with E-state index in [1.165, 1.54) is 36.4 Å². The Bertz CT molecular complexity index is 1630. The van der Waals surface area contributed by atoms with E-state index < -0.39 is 149 Å². The summed E-state index contributed by atoms with van der Waals surface area (Å²) in [5.74, 6) is -0.175. The van der Waals surface area contributed by atoms with Crippen LogP contribution in [0.25, 0.3) is 0 Å². The van der Waals surface area contributed by atoms with Gasteiger partial charge >= 0.3 is 0 Å². The molecule has 0 aromatic heterocycles. The number of aryl methyl sites for hydroxylation is 2. The molecule has 0 aliphatic carbocycles. The molecule has 2 aromatic carbocycles. The molecule has 24 nitrogen and oxygen atoms in total. The van der Waals surface area contributed by atoms with E-state index in [-0.39, 0.29) is 42.3 Å². The molecule has 6 rings (SSSR count). The van der Waals surface area contributed by atoms with Gasteiger partial charge in [-0.05, 0) is 42.5 Å². The Morgan fingerprint density at radius 3 is 0.889 bits per heavy atom. The first-order valence-corrected chi connectivity index (χ1v) is 20.2. The van der Waals surface area contributed by atoms with Crippen LogP contribution in [0.2, 0.25) is 0 Å². The summed E-state index contributed by atoms with van der Waals surface area (Å²) >= 11 is 0. The molecule has 2 aromatic rings. The van der Waals surface area contributed by atoms with Crippen molar-refractivity contribution in [3.05, 3.63) is 47.5 Å². The summed E-state index contributed by atoms with van der Waals surface area (Å²) in [6, 6.07) is 8.46. The summed E-state index contributed by atoms with van der Waals surface area (Å²) in [4.78, 5) is 0. The molecule has 20 atom stereocenters. The molecule has 4 aliphatic heterocycles. The lowest BCUT2D eigenvalue weighted by Gasteiger charge is -2.40. The summed E-state index contributed by atoms with van der Waals surface area (Å²) in [6.45, 7) is -2.95. The van der Waals surface area contributed by atoms with Gasteiger partial charge in [0.15, 0.2) is 0 Å². The Balaban J connectivity index is 1.26. The summed E-state index contributed by atoms with van der Waals surface area (Å²) in [6.07, 6.45) is -32.2. The van der Waals surface area contributed by atoms with Crippen molar-refractivity contribution >= 4 is 0 Å². The summed E-state index contributed by atoms with van der Waals surface area (Å²) < 4.78 is 45.5. The van der Waals surface area contributed by atoms with Crippen molar-refractivity contribution < 1.29 is 120 Å². The van der Waals surface area contributed by atoms with Crippen LogP contribution >= 0.6 is 0 Å². The minimum atomic E-state index is -1.82. The molecule has 4 saturated heterocycles. The van der Waals surface area contributed by atoms with Gasteiger partial charge in [-0.1, -0.05) is 12.1 Å². The smallest absolute Gasteiger partial charge is 0.229 e. The first kappa shape index (κ1) is 49.3. The van der Waals surface area contributed by atoms with Crippen molar-refractivity contribution in [1.82, 2.24) is 0 Å². The second kappa shape index (κ2) is 21.4. The van der Waals surface area contributed by atoms with Gasteiger partial charge in [0.05, 0.1) is 26.4 Å². The first-order chi connectivity index (χ1) is 30.0. The molecule has 4 unspecified atom stereocenters. The maximum absolute atomic E-state index is 10.8. The van der Waals surface area contributed by atoms with Gasteiger partial charge in [0.2, 0.25) is 25.2 Å². The molecule has 63 heavy (non-hydrogen) atoms. The largest absolute Gasteiger partial charge is 0.462 e. The molecule has 0 bridgehead atoms. The van der Waals surface area contributed by atoms with Crippen LogP contribution in [-0.4, -0.2) is 231 Å². The minimum absolute atomic E-state index is 0.0394. The number of benzene rings is 2. The number of rotatable bonds is 16. The van der Waals surface area contributed by atoms with Crippen molar-refractivity contribution in [2.75, 3.05) is 26.4 Å². The van der Waals surface area contributed by atoms with E-state index >= 15 is 0 Å². The standard InChI is InChI=1S/C39H56O24/c40-10-20-24(44)28(48)32(52)36(60-20)56-16-6-4-14(18(8-16)58-38-34(54)30(50)26(46)22(12-42)62-38)2-1-3-15-5-7-17(57-37-33(53)29(49)25(45)21(11-41)61-37)9-19(15)59-39-35(55)31(51)27(47)23(13-43)63-39/h4-9,20-55H,1-3,10-13H2/t20-,21-,22-,23-,24-,25-,26-,27-,28+,29+,30+,31+,32-,33-,34-,35-,36?,37?,38?,39?/m1/s1. The van der Waals surface area contributed by atoms with E-state index in [1.54, 1.807) is 0 Å². The highest BCUT2D eigenvalue weighted by atomic mass is 16.7. The minimum Gasteiger partial charge on any atom is -0.462 e. The van der Waals surface area contributed by atoms with Crippen LogP contribution in [-0.2, 0) is 31.8 Å². The summed E-state index contributed by atoms with van der Waals surface area (Å²) in [7, 11) is 0. The number of hydrogen-bond donors (Lipinski definition) is 16. The third-order valence-electron chi connectivity index (χ3n) is 11.4. The lowest BCUT2D eigenvalue weighted by atomic mass is 9.98. The number of hydrogen-bond acceptors (Lipinski definition) is 24. The van der Waals surface area contributed by atoms with Crippen molar-refractivity contribution in [1.29, 1.82) is 0 Å². The van der Waals surface area contributed by atoms with Crippen molar-refractivity contribution in [2.45, 2.75) is 142 Å². The number of aliphatic hydroxyl groups excluding tert-OH is 16. The van der Waals surface area contributed by atoms with Crippen LogP contribution in [0, 0.1) is 0 Å². The second-order valence-electron chi connectivity index (χ2n) is 15.7. The molecule has 4 heterocycles. The average Bonchev–Trinajstić information content (AvgIpc) is 3.28. The third kappa shape index (κ3) is 10.8. The Hall–Kier alpha value is -3.16. The molecule has 4 aliphatic rings. The summed E-state index contributed by atoms with van der Waals surface area (Å²) in [5.41, 5.74) is 0.819. The highest BCUT2D eigenvalue weighted by Gasteiger charge is 2.48. The zero-order valence-corrected chi connectivity index (χ0v) is 33.4. The molecule has 0 amide bonds. The van der Waals surface area contributed by atoms with Crippen LogP contribution < -0.4 is 18.9 Å². The van der Waals surface area contributed by atoms with E-state index in [0.717, 1.165) is 0 Å². The van der Waals surface area contributed by atoms with Gasteiger partial charge in [0, 0.05) is 12.1 Å². The van der Waals surface area contributed by atoms with Gasteiger partial charge in [-0.15, -0.1) is 0 Å². The SMILES string of the molecule is OC[C@H]1OC(Oc2ccc(CCCc3ccc(OC4O[C@H](CO)[C@@H](O)[C@H](O)[C@H]4O)cc3OC3O[C@H](CO)[C@@H](O)[C@H](O)[C@H]3O)c(OC3O[C@H](CO)[C@@H](O)[C@H](O)[C@H]3O)c2)[C@H](O)[C@@H](O)[C@@H]1O. The Labute approximate surface area is 358 Å². The quantitative estimate of drug-likeness (QED) is 0.0744. The Kier molecular flexibility index (Phi) is 16.8. The third-order valence-corrected chi connectivity index (χ3v) is 11.4. The van der Waals surface area contributed by atoms with Gasteiger partial charge in [-0.2, -0.15) is 0 Å². The van der Waals surface area contributed by atoms with Gasteiger partial charge in [-0.3, -0.25) is 0 Å². The molecule has 0 spiro atoms. The van der Waals surface area contributed by atoms with E-state index in [0.29, 0.717) is 11.1 Å². The molecule has 4 fully saturated rings. The van der Waals surface area contributed by atoms with Crippen molar-refractivity contribution in [3.8, 4) is 23.0 Å². The molecular formula is C39H56O24. The monoisotopic (exact) mass is 908 g/mol. The Morgan fingerprint density at radius 2 is 0.619 bits per heavy atom. The van der Waals surface area contributed by atoms with Crippen LogP contribution in [0.1, 0.15) is 17.5 Å². The molecule has 24 heteroatoms. The fourth-order valence-corrected chi connectivity index (χ4v) is 7.50. The van der Waals surface area contributed by atoms with E-state index in [2.05, 4.69) is 0 Å². The molecule has 0 radical (unpaired) electrons. The zero-order valence-electron chi connectivity index (χ0n) is 33.4. The molecule has 0 saturated carbocycles. The van der Waals surface area contributed by atoms with E-state index in [4.69, 9.17) is 37.9 Å². The molecular weight excluding hydrogens is 852 g/mol. The van der Waals surface area contributed by atoms with E-state index in [1.807, 2.05) is 0 Å². The lowest BCUT2D eigenvalue weighted by molar-refractivity contribution is -0.278. The predicted molar refractivity (Wildman–Crippen MR) is 202 cm³/mol. The first-order valence-electron chi connectivity index (χ1n) is 20.2. The topological polar surface area (TPSA) is 398 Å². The van der Waals surface area contributed by atoms with Gasteiger partial charge in [-0.25, -0.2) is 0 Å². The normalized spacial score (nSPS) is 40.9. The molecule has 16 N–H and O–H groups in total. The fraction of sp³-hybridized carbons (Fsp3) is 0.692. The van der Waals surface area contributed by atoms with Crippen LogP contribution in [0.4, 0.5) is 0 Å². The number of ether oxygens (including phenoxy) is 8. The average molecular weight is 909 g/mol. The maximum Gasteiger partial charge on any atom is 0.229 e. The maximum atomic E-state index is 10.8. The van der Waals surface area contributed by atoms with Crippen LogP contribution in [0.3, 0.4) is 0 Å². The predicted octanol–water partition coefficient (Wildman–Crippen LogP) is -7.42. The molecule has 356 valence electrons. The van der Waals surface area contributed by atoms with Crippen LogP contribution in [0.5, 0.6) is 23.0 Å². The second-order valence-corrected chi connectivity index (χ2v) is 15.7. The van der Waals surface area contributed by atoms with Gasteiger partial charge < -0.3 is 120 Å². The van der Waals surface area contributed by atoms with Crippen molar-refractivity contribution in [2.24, 2.45) is 0 Å².